The molecular weight excluding hydrogens is 265 g/mol. The molecule has 0 N–H and O–H groups in total. The molecule has 110 valence electrons. The molecule has 1 saturated heterocycles. The van der Waals surface area contributed by atoms with Crippen molar-refractivity contribution in [2.24, 2.45) is 0 Å². The summed E-state index contributed by atoms with van der Waals surface area (Å²) in [6, 6.07) is 3.20. The number of nitro benzene ring substituents is 1. The zero-order valence-corrected chi connectivity index (χ0v) is 12.0. The minimum atomic E-state index is -0.594. The first kappa shape index (κ1) is 14.7. The second kappa shape index (κ2) is 4.70. The molecule has 6 heteroatoms. The highest BCUT2D eigenvalue weighted by molar-refractivity contribution is 5.46. The van der Waals surface area contributed by atoms with Crippen LogP contribution in [-0.2, 0) is 4.74 Å². The summed E-state index contributed by atoms with van der Waals surface area (Å²) in [6.45, 7) is 7.57. The first-order valence-corrected chi connectivity index (χ1v) is 6.41. The molecule has 5 nitrogen and oxygen atoms in total. The highest BCUT2D eigenvalue weighted by Crippen LogP contribution is 2.41. The molecule has 2 rings (SSSR count). The SMILES string of the molecule is CC1(C)CC(Oc2cc(F)ccc2[N+](=O)[O-])C(C)(C)O1. The summed E-state index contributed by atoms with van der Waals surface area (Å²) in [6.07, 6.45) is 0.200. The van der Waals surface area contributed by atoms with Gasteiger partial charge in [0, 0.05) is 18.6 Å². The van der Waals surface area contributed by atoms with Gasteiger partial charge < -0.3 is 9.47 Å². The summed E-state index contributed by atoms with van der Waals surface area (Å²) in [5, 5.41) is 11.0. The number of nitrogens with zero attached hydrogens (tertiary/aromatic N) is 1. The van der Waals surface area contributed by atoms with E-state index in [-0.39, 0.29) is 23.1 Å². The monoisotopic (exact) mass is 283 g/mol. The van der Waals surface area contributed by atoms with Crippen molar-refractivity contribution in [1.82, 2.24) is 0 Å². The Kier molecular flexibility index (Phi) is 3.46. The van der Waals surface area contributed by atoms with Crippen molar-refractivity contribution in [3.63, 3.8) is 0 Å². The van der Waals surface area contributed by atoms with Gasteiger partial charge in [0.05, 0.1) is 10.5 Å². The van der Waals surface area contributed by atoms with E-state index in [1.165, 1.54) is 0 Å². The minimum absolute atomic E-state index is 0.0608. The molecule has 0 bridgehead atoms. The zero-order valence-electron chi connectivity index (χ0n) is 12.0. The van der Waals surface area contributed by atoms with E-state index in [0.29, 0.717) is 6.42 Å². The van der Waals surface area contributed by atoms with Crippen molar-refractivity contribution in [2.75, 3.05) is 0 Å². The van der Waals surface area contributed by atoms with Gasteiger partial charge in [-0.15, -0.1) is 0 Å². The highest BCUT2D eigenvalue weighted by atomic mass is 19.1. The third-order valence-electron chi connectivity index (χ3n) is 3.38. The van der Waals surface area contributed by atoms with Crippen LogP contribution in [0.1, 0.15) is 34.1 Å². The van der Waals surface area contributed by atoms with Crippen LogP contribution in [0.4, 0.5) is 10.1 Å². The molecule has 0 spiro atoms. The maximum atomic E-state index is 13.3. The molecule has 1 atom stereocenters. The summed E-state index contributed by atoms with van der Waals surface area (Å²) < 4.78 is 24.9. The van der Waals surface area contributed by atoms with E-state index in [9.17, 15) is 14.5 Å². The maximum absolute atomic E-state index is 13.3. The Morgan fingerprint density at radius 1 is 1.40 bits per heavy atom. The Balaban J connectivity index is 2.30. The Bertz CT molecular complexity index is 542. The van der Waals surface area contributed by atoms with Crippen LogP contribution in [0.15, 0.2) is 18.2 Å². The predicted molar refractivity (Wildman–Crippen MR) is 71.3 cm³/mol. The second-order valence-corrected chi connectivity index (χ2v) is 6.14. The summed E-state index contributed by atoms with van der Waals surface area (Å²) in [4.78, 5) is 10.4. The van der Waals surface area contributed by atoms with Crippen molar-refractivity contribution < 1.29 is 18.8 Å². The molecule has 0 saturated carbocycles. The molecule has 0 aliphatic carbocycles. The third kappa shape index (κ3) is 2.90. The third-order valence-corrected chi connectivity index (χ3v) is 3.38. The van der Waals surface area contributed by atoms with E-state index in [1.54, 1.807) is 0 Å². The Morgan fingerprint density at radius 2 is 2.05 bits per heavy atom. The van der Waals surface area contributed by atoms with E-state index >= 15 is 0 Å². The average Bonchev–Trinajstić information content (AvgIpc) is 2.46. The fourth-order valence-corrected chi connectivity index (χ4v) is 2.58. The Morgan fingerprint density at radius 3 is 2.55 bits per heavy atom. The van der Waals surface area contributed by atoms with Crippen molar-refractivity contribution in [3.05, 3.63) is 34.1 Å². The summed E-state index contributed by atoms with van der Waals surface area (Å²) >= 11 is 0. The molecule has 1 aromatic rings. The van der Waals surface area contributed by atoms with E-state index in [4.69, 9.17) is 9.47 Å². The summed E-state index contributed by atoms with van der Waals surface area (Å²) in [7, 11) is 0. The van der Waals surface area contributed by atoms with Crippen molar-refractivity contribution in [3.8, 4) is 5.75 Å². The molecule has 1 aliphatic rings. The van der Waals surface area contributed by atoms with Crippen LogP contribution >= 0.6 is 0 Å². The van der Waals surface area contributed by atoms with Crippen LogP contribution in [0.5, 0.6) is 5.75 Å². The van der Waals surface area contributed by atoms with Gasteiger partial charge in [0.25, 0.3) is 0 Å². The van der Waals surface area contributed by atoms with Gasteiger partial charge in [0.15, 0.2) is 5.75 Å². The topological polar surface area (TPSA) is 61.6 Å². The lowest BCUT2D eigenvalue weighted by Gasteiger charge is -2.27. The molecule has 1 heterocycles. The quantitative estimate of drug-likeness (QED) is 0.629. The van der Waals surface area contributed by atoms with Crippen LogP contribution in [0, 0.1) is 15.9 Å². The highest BCUT2D eigenvalue weighted by Gasteiger charge is 2.48. The normalized spacial score (nSPS) is 23.6. The van der Waals surface area contributed by atoms with Crippen LogP contribution in [0.2, 0.25) is 0 Å². The number of rotatable bonds is 3. The fraction of sp³-hybridized carbons (Fsp3) is 0.571. The fourth-order valence-electron chi connectivity index (χ4n) is 2.58. The van der Waals surface area contributed by atoms with Crippen molar-refractivity contribution in [1.29, 1.82) is 0 Å². The summed E-state index contributed by atoms with van der Waals surface area (Å²) in [5.41, 5.74) is -1.22. The van der Waals surface area contributed by atoms with Gasteiger partial charge in [-0.3, -0.25) is 10.1 Å². The lowest BCUT2D eigenvalue weighted by Crippen LogP contribution is -2.36. The molecule has 1 unspecified atom stereocenters. The standard InChI is InChI=1S/C14H18FNO4/c1-13(2)8-12(14(3,4)20-13)19-11-7-9(15)5-6-10(11)16(17)18/h5-7,12H,8H2,1-4H3. The molecule has 1 fully saturated rings. The maximum Gasteiger partial charge on any atom is 0.311 e. The molecule has 0 radical (unpaired) electrons. The largest absolute Gasteiger partial charge is 0.480 e. The Hall–Kier alpha value is -1.69. The van der Waals surface area contributed by atoms with Crippen LogP contribution in [0.25, 0.3) is 0 Å². The first-order chi connectivity index (χ1) is 9.11. The lowest BCUT2D eigenvalue weighted by molar-refractivity contribution is -0.386. The van der Waals surface area contributed by atoms with Gasteiger partial charge >= 0.3 is 5.69 Å². The van der Waals surface area contributed by atoms with E-state index < -0.39 is 16.3 Å². The van der Waals surface area contributed by atoms with Gasteiger partial charge in [0.2, 0.25) is 0 Å². The van der Waals surface area contributed by atoms with Crippen LogP contribution in [-0.4, -0.2) is 22.2 Å². The second-order valence-electron chi connectivity index (χ2n) is 6.14. The van der Waals surface area contributed by atoms with Crippen molar-refractivity contribution in [2.45, 2.75) is 51.4 Å². The molecule has 1 aromatic carbocycles. The lowest BCUT2D eigenvalue weighted by atomic mass is 9.97. The molecule has 1 aliphatic heterocycles. The van der Waals surface area contributed by atoms with E-state index in [0.717, 1.165) is 18.2 Å². The van der Waals surface area contributed by atoms with Crippen LogP contribution < -0.4 is 4.74 Å². The van der Waals surface area contributed by atoms with E-state index in [2.05, 4.69) is 0 Å². The number of nitro groups is 1. The average molecular weight is 283 g/mol. The summed E-state index contributed by atoms with van der Waals surface area (Å²) in [5.74, 6) is -0.629. The molecular formula is C14H18FNO4. The Labute approximate surface area is 116 Å². The number of ether oxygens (including phenoxy) is 2. The van der Waals surface area contributed by atoms with Gasteiger partial charge in [0.1, 0.15) is 17.5 Å². The van der Waals surface area contributed by atoms with Gasteiger partial charge in [-0.05, 0) is 33.8 Å². The number of hydrogen-bond donors (Lipinski definition) is 0. The van der Waals surface area contributed by atoms with E-state index in [1.807, 2.05) is 27.7 Å². The van der Waals surface area contributed by atoms with Gasteiger partial charge in [-0.25, -0.2) is 4.39 Å². The van der Waals surface area contributed by atoms with Crippen LogP contribution in [0.3, 0.4) is 0 Å². The van der Waals surface area contributed by atoms with Crippen molar-refractivity contribution >= 4 is 5.69 Å². The molecule has 0 aromatic heterocycles. The smallest absolute Gasteiger partial charge is 0.311 e. The minimum Gasteiger partial charge on any atom is -0.480 e. The van der Waals surface area contributed by atoms with Gasteiger partial charge in [-0.1, -0.05) is 0 Å². The number of benzene rings is 1. The molecule has 20 heavy (non-hydrogen) atoms. The molecule has 0 amide bonds. The number of hydrogen-bond acceptors (Lipinski definition) is 4. The van der Waals surface area contributed by atoms with Gasteiger partial charge in [-0.2, -0.15) is 0 Å². The predicted octanol–water partition coefficient (Wildman–Crippen LogP) is 3.46. The number of halogens is 1. The zero-order chi connectivity index (χ0) is 15.1. The first-order valence-electron chi connectivity index (χ1n) is 6.41.